The molecule has 45 heavy (non-hydrogen) atoms. The highest BCUT2D eigenvalue weighted by Gasteiger charge is 2.40. The molecule has 6 aromatic rings. The molecule has 2 atom stereocenters. The van der Waals surface area contributed by atoms with E-state index in [1.54, 1.807) is 6.20 Å². The Hall–Kier alpha value is -5.73. The largest absolute Gasteiger partial charge is 0.383 e. The Morgan fingerprint density at radius 2 is 1.60 bits per heavy atom. The number of rotatable bonds is 6. The Balaban J connectivity index is 1.05. The Kier molecular flexibility index (Phi) is 6.61. The van der Waals surface area contributed by atoms with Crippen LogP contribution >= 0.6 is 0 Å². The molecule has 6 heterocycles. The fourth-order valence-corrected chi connectivity index (χ4v) is 6.64. The minimum Gasteiger partial charge on any atom is -0.383 e. The van der Waals surface area contributed by atoms with Gasteiger partial charge in [-0.25, -0.2) is 24.9 Å². The monoisotopic (exact) mass is 591 g/mol. The first-order chi connectivity index (χ1) is 22.1. The van der Waals surface area contributed by atoms with Crippen molar-refractivity contribution < 1.29 is 0 Å². The Labute approximate surface area is 259 Å². The zero-order chi connectivity index (χ0) is 30.3. The van der Waals surface area contributed by atoms with Gasteiger partial charge in [-0.15, -0.1) is 0 Å². The van der Waals surface area contributed by atoms with Gasteiger partial charge in [0, 0.05) is 50.2 Å². The smallest absolute Gasteiger partial charge is 0.236 e. The van der Waals surface area contributed by atoms with Gasteiger partial charge in [-0.3, -0.25) is 9.47 Å². The summed E-state index contributed by atoms with van der Waals surface area (Å²) in [5, 5.41) is 9.15. The molecule has 11 heteroatoms. The highest BCUT2D eigenvalue weighted by Crippen LogP contribution is 2.34. The fraction of sp³-hybridized carbons (Fsp3) is 0.206. The zero-order valence-corrected chi connectivity index (χ0v) is 24.4. The predicted molar refractivity (Wildman–Crippen MR) is 171 cm³/mol. The standard InChI is InChI=1S/C34H29N11/c35-15-30-38-21-39-34(42-30)44-19-24-17-43(18-25(24)20-44)16-22-8-10-26(11-9-22)45-32(27-7-4-14-37-31(27)36)41-29-13-12-28(40-33(29)45)23-5-2-1-3-6-23/h1-14,21,24-25H,16-20H2,(H2,36,37)/t24-,25+. The molecule has 220 valence electrons. The minimum absolute atomic E-state index is 0.161. The number of fused-ring (bicyclic) bond motifs is 2. The third kappa shape index (κ3) is 5.01. The molecule has 0 saturated carbocycles. The van der Waals surface area contributed by atoms with E-state index >= 15 is 0 Å². The van der Waals surface area contributed by atoms with E-state index < -0.39 is 0 Å². The molecule has 0 radical (unpaired) electrons. The van der Waals surface area contributed by atoms with Crippen molar-refractivity contribution in [3.63, 3.8) is 0 Å². The summed E-state index contributed by atoms with van der Waals surface area (Å²) in [6, 6.07) is 28.7. The van der Waals surface area contributed by atoms with Gasteiger partial charge in [0.25, 0.3) is 0 Å². The normalized spacial score (nSPS) is 17.9. The van der Waals surface area contributed by atoms with Crippen molar-refractivity contribution in [3.8, 4) is 34.4 Å². The van der Waals surface area contributed by atoms with Crippen LogP contribution in [0.1, 0.15) is 11.4 Å². The first kappa shape index (κ1) is 26.9. The lowest BCUT2D eigenvalue weighted by atomic mass is 10.0. The molecular formula is C34H29N11. The van der Waals surface area contributed by atoms with Crippen LogP contribution in [0.4, 0.5) is 11.8 Å². The lowest BCUT2D eigenvalue weighted by molar-refractivity contribution is 0.308. The molecule has 0 aliphatic carbocycles. The molecule has 11 nitrogen and oxygen atoms in total. The van der Waals surface area contributed by atoms with E-state index in [2.05, 4.69) is 70.7 Å². The molecule has 2 aromatic carbocycles. The Morgan fingerprint density at radius 1 is 0.800 bits per heavy atom. The van der Waals surface area contributed by atoms with Crippen molar-refractivity contribution >= 4 is 22.9 Å². The molecule has 2 aliphatic rings. The van der Waals surface area contributed by atoms with Crippen molar-refractivity contribution in [2.45, 2.75) is 6.54 Å². The molecule has 2 fully saturated rings. The van der Waals surface area contributed by atoms with Gasteiger partial charge in [0.2, 0.25) is 11.8 Å². The summed E-state index contributed by atoms with van der Waals surface area (Å²) in [6.07, 6.45) is 3.11. The number of hydrogen-bond donors (Lipinski definition) is 1. The molecule has 8 rings (SSSR count). The number of hydrogen-bond acceptors (Lipinski definition) is 10. The SMILES string of the molecule is N#Cc1ncnc(N2C[C@H]3CN(Cc4ccc(-n5c(-c6cccnc6N)nc6ccc(-c7ccccc7)nc65)cc4)C[C@H]3C2)n1. The molecule has 4 aromatic heterocycles. The van der Waals surface area contributed by atoms with E-state index in [4.69, 9.17) is 21.0 Å². The van der Waals surface area contributed by atoms with Crippen LogP contribution in [0, 0.1) is 23.2 Å². The molecule has 0 spiro atoms. The number of nitriles is 1. The van der Waals surface area contributed by atoms with Gasteiger partial charge < -0.3 is 10.6 Å². The minimum atomic E-state index is 0.161. The van der Waals surface area contributed by atoms with E-state index in [1.807, 2.05) is 48.5 Å². The van der Waals surface area contributed by atoms with Gasteiger partial charge in [0.1, 0.15) is 23.7 Å². The Morgan fingerprint density at radius 3 is 2.36 bits per heavy atom. The maximum atomic E-state index is 9.15. The van der Waals surface area contributed by atoms with Crippen molar-refractivity contribution in [2.24, 2.45) is 11.8 Å². The predicted octanol–water partition coefficient (Wildman–Crippen LogP) is 4.36. The van der Waals surface area contributed by atoms with Crippen molar-refractivity contribution in [2.75, 3.05) is 36.8 Å². The van der Waals surface area contributed by atoms with E-state index in [1.165, 1.54) is 11.9 Å². The third-order valence-corrected chi connectivity index (χ3v) is 8.76. The number of imidazole rings is 1. The van der Waals surface area contributed by atoms with Crippen LogP contribution in [0.3, 0.4) is 0 Å². The van der Waals surface area contributed by atoms with Crippen LogP contribution in [0.15, 0.2) is 91.4 Å². The first-order valence-corrected chi connectivity index (χ1v) is 14.9. The summed E-state index contributed by atoms with van der Waals surface area (Å²) in [7, 11) is 0. The van der Waals surface area contributed by atoms with E-state index in [9.17, 15) is 0 Å². The number of aromatic nitrogens is 7. The lowest BCUT2D eigenvalue weighted by Gasteiger charge is -2.21. The topological polar surface area (TPSA) is 139 Å². The average Bonchev–Trinajstić information content (AvgIpc) is 3.77. The maximum absolute atomic E-state index is 9.15. The highest BCUT2D eigenvalue weighted by molar-refractivity contribution is 5.84. The van der Waals surface area contributed by atoms with Crippen LogP contribution in [-0.4, -0.2) is 65.5 Å². The second-order valence-electron chi connectivity index (χ2n) is 11.6. The lowest BCUT2D eigenvalue weighted by Crippen LogP contribution is -2.29. The van der Waals surface area contributed by atoms with Gasteiger partial charge in [0.05, 0.1) is 11.3 Å². The summed E-state index contributed by atoms with van der Waals surface area (Å²) < 4.78 is 2.08. The van der Waals surface area contributed by atoms with Crippen molar-refractivity contribution in [3.05, 3.63) is 103 Å². The second kappa shape index (κ2) is 11.1. The number of anilines is 2. The number of nitrogen functional groups attached to an aromatic ring is 1. The third-order valence-electron chi connectivity index (χ3n) is 8.76. The molecule has 2 N–H and O–H groups in total. The van der Waals surface area contributed by atoms with Crippen molar-refractivity contribution in [1.29, 1.82) is 5.26 Å². The molecular weight excluding hydrogens is 562 g/mol. The van der Waals surface area contributed by atoms with Gasteiger partial charge in [-0.1, -0.05) is 42.5 Å². The summed E-state index contributed by atoms with van der Waals surface area (Å²) in [6.45, 7) is 4.69. The number of nitrogens with zero attached hydrogens (tertiary/aromatic N) is 10. The number of nitrogens with two attached hydrogens (primary N) is 1. The number of likely N-dealkylation sites (tertiary alicyclic amines) is 1. The molecule has 0 amide bonds. The van der Waals surface area contributed by atoms with Crippen LogP contribution in [0.2, 0.25) is 0 Å². The van der Waals surface area contributed by atoms with Gasteiger partial charge in [-0.2, -0.15) is 10.2 Å². The van der Waals surface area contributed by atoms with Crippen LogP contribution in [0.5, 0.6) is 0 Å². The highest BCUT2D eigenvalue weighted by atomic mass is 15.3. The summed E-state index contributed by atoms with van der Waals surface area (Å²) >= 11 is 0. The molecule has 0 bridgehead atoms. The van der Waals surface area contributed by atoms with Gasteiger partial charge >= 0.3 is 0 Å². The number of pyridine rings is 2. The zero-order valence-electron chi connectivity index (χ0n) is 24.4. The quantitative estimate of drug-likeness (QED) is 0.297. The van der Waals surface area contributed by atoms with Crippen LogP contribution < -0.4 is 10.6 Å². The van der Waals surface area contributed by atoms with Crippen LogP contribution in [-0.2, 0) is 6.54 Å². The van der Waals surface area contributed by atoms with Crippen LogP contribution in [0.25, 0.3) is 39.5 Å². The van der Waals surface area contributed by atoms with Gasteiger partial charge in [-0.05, 0) is 53.8 Å². The Bertz CT molecular complexity index is 2040. The summed E-state index contributed by atoms with van der Waals surface area (Å²) in [5.41, 5.74) is 12.8. The van der Waals surface area contributed by atoms with E-state index in [0.29, 0.717) is 29.4 Å². The van der Waals surface area contributed by atoms with Crippen molar-refractivity contribution in [1.82, 2.24) is 39.4 Å². The van der Waals surface area contributed by atoms with Gasteiger partial charge in [0.15, 0.2) is 11.5 Å². The second-order valence-corrected chi connectivity index (χ2v) is 11.6. The fourth-order valence-electron chi connectivity index (χ4n) is 6.64. The molecule has 2 saturated heterocycles. The maximum Gasteiger partial charge on any atom is 0.236 e. The van der Waals surface area contributed by atoms with E-state index in [-0.39, 0.29) is 5.82 Å². The average molecular weight is 592 g/mol. The first-order valence-electron chi connectivity index (χ1n) is 14.9. The molecule has 2 aliphatic heterocycles. The summed E-state index contributed by atoms with van der Waals surface area (Å²) in [4.78, 5) is 31.6. The molecule has 0 unspecified atom stereocenters. The van der Waals surface area contributed by atoms with E-state index in [0.717, 1.165) is 66.4 Å². The summed E-state index contributed by atoms with van der Waals surface area (Å²) in [5.74, 6) is 2.98. The number of benzene rings is 2.